The first-order valence-electron chi connectivity index (χ1n) is 9.60. The molecule has 4 unspecified atom stereocenters. The molecule has 0 spiro atoms. The summed E-state index contributed by atoms with van der Waals surface area (Å²) in [4.78, 5) is 28.0. The van der Waals surface area contributed by atoms with Gasteiger partial charge in [-0.05, 0) is 56.4 Å². The molecule has 146 valence electrons. The van der Waals surface area contributed by atoms with Gasteiger partial charge in [-0.3, -0.25) is 9.59 Å². The van der Waals surface area contributed by atoms with Crippen LogP contribution >= 0.6 is 23.4 Å². The molecule has 1 aromatic rings. The van der Waals surface area contributed by atoms with Crippen LogP contribution in [-0.2, 0) is 9.59 Å². The standard InChI is InChI=1S/C21H27ClN2O2S/c1-4-13(2)23-20(25)15-8-9-18-17(12-15)24(3)21(26)19(27-18)11-14-6-5-7-16(22)10-14/h5-7,10-11,13,15,17-18H,4,8-9,12H2,1-3H3,(H,23,25)/b19-11-. The van der Waals surface area contributed by atoms with E-state index in [0.29, 0.717) is 10.3 Å². The van der Waals surface area contributed by atoms with Gasteiger partial charge < -0.3 is 10.2 Å². The number of halogens is 1. The molecule has 2 fully saturated rings. The first-order valence-corrected chi connectivity index (χ1v) is 10.9. The van der Waals surface area contributed by atoms with Gasteiger partial charge in [-0.2, -0.15) is 0 Å². The molecule has 3 rings (SSSR count). The highest BCUT2D eigenvalue weighted by Crippen LogP contribution is 2.43. The Balaban J connectivity index is 1.71. The van der Waals surface area contributed by atoms with E-state index in [1.54, 1.807) is 11.8 Å². The summed E-state index contributed by atoms with van der Waals surface area (Å²) in [6.45, 7) is 4.10. The number of likely N-dealkylation sites (N-methyl/N-ethyl adjacent to an activating group) is 1. The number of hydrogen-bond acceptors (Lipinski definition) is 3. The molecular weight excluding hydrogens is 380 g/mol. The number of fused-ring (bicyclic) bond motifs is 1. The lowest BCUT2D eigenvalue weighted by atomic mass is 9.83. The van der Waals surface area contributed by atoms with E-state index in [-0.39, 0.29) is 29.8 Å². The van der Waals surface area contributed by atoms with Crippen molar-refractivity contribution in [2.24, 2.45) is 5.92 Å². The molecule has 1 saturated carbocycles. The van der Waals surface area contributed by atoms with E-state index in [1.807, 2.05) is 49.2 Å². The Morgan fingerprint density at radius 1 is 1.44 bits per heavy atom. The molecule has 1 N–H and O–H groups in total. The summed E-state index contributed by atoms with van der Waals surface area (Å²) in [6, 6.07) is 7.84. The molecule has 1 saturated heterocycles. The summed E-state index contributed by atoms with van der Waals surface area (Å²) in [5.41, 5.74) is 0.937. The monoisotopic (exact) mass is 406 g/mol. The summed E-state index contributed by atoms with van der Waals surface area (Å²) in [6.07, 6.45) is 5.41. The molecular formula is C21H27ClN2O2S. The van der Waals surface area contributed by atoms with Gasteiger partial charge in [0.1, 0.15) is 0 Å². The lowest BCUT2D eigenvalue weighted by molar-refractivity contribution is -0.132. The van der Waals surface area contributed by atoms with Crippen LogP contribution in [0.4, 0.5) is 0 Å². The Kier molecular flexibility index (Phi) is 6.53. The minimum atomic E-state index is -0.00504. The zero-order chi connectivity index (χ0) is 19.6. The van der Waals surface area contributed by atoms with Gasteiger partial charge in [-0.1, -0.05) is 30.7 Å². The van der Waals surface area contributed by atoms with Crippen molar-refractivity contribution in [3.63, 3.8) is 0 Å². The quantitative estimate of drug-likeness (QED) is 0.756. The van der Waals surface area contributed by atoms with Crippen LogP contribution in [0.3, 0.4) is 0 Å². The second-order valence-corrected chi connectivity index (χ2v) is 9.25. The highest BCUT2D eigenvalue weighted by atomic mass is 35.5. The van der Waals surface area contributed by atoms with Crippen LogP contribution in [0.1, 0.15) is 45.1 Å². The third-order valence-corrected chi connectivity index (χ3v) is 7.21. The number of nitrogens with one attached hydrogen (secondary N) is 1. The highest BCUT2D eigenvalue weighted by molar-refractivity contribution is 8.04. The minimum absolute atomic E-state index is 0.00504. The molecule has 4 atom stereocenters. The van der Waals surface area contributed by atoms with Crippen molar-refractivity contribution in [2.75, 3.05) is 7.05 Å². The molecule has 1 aliphatic carbocycles. The maximum absolute atomic E-state index is 12.9. The molecule has 0 bridgehead atoms. The first kappa shape index (κ1) is 20.3. The molecule has 1 aliphatic heterocycles. The topological polar surface area (TPSA) is 49.4 Å². The normalized spacial score (nSPS) is 28.0. The SMILES string of the molecule is CCC(C)NC(=O)C1CCC2S/C(=C\c3cccc(Cl)c3)C(=O)N(C)C2C1. The van der Waals surface area contributed by atoms with E-state index < -0.39 is 0 Å². The van der Waals surface area contributed by atoms with Crippen LogP contribution in [0.25, 0.3) is 6.08 Å². The second kappa shape index (κ2) is 8.70. The summed E-state index contributed by atoms with van der Waals surface area (Å²) in [5, 5.41) is 4.10. The summed E-state index contributed by atoms with van der Waals surface area (Å²) >= 11 is 7.72. The molecule has 6 heteroatoms. The number of benzene rings is 1. The fraction of sp³-hybridized carbons (Fsp3) is 0.524. The smallest absolute Gasteiger partial charge is 0.260 e. The summed E-state index contributed by atoms with van der Waals surface area (Å²) in [5.74, 6) is 0.160. The second-order valence-electron chi connectivity index (χ2n) is 7.53. The zero-order valence-corrected chi connectivity index (χ0v) is 17.6. The lowest BCUT2D eigenvalue weighted by Crippen LogP contribution is -2.52. The zero-order valence-electron chi connectivity index (χ0n) is 16.1. The van der Waals surface area contributed by atoms with Crippen molar-refractivity contribution in [3.05, 3.63) is 39.8 Å². The van der Waals surface area contributed by atoms with Crippen molar-refractivity contribution in [2.45, 2.75) is 56.9 Å². The number of nitrogens with zero attached hydrogens (tertiary/aromatic N) is 1. The van der Waals surface area contributed by atoms with E-state index in [2.05, 4.69) is 12.2 Å². The number of hydrogen-bond donors (Lipinski definition) is 1. The van der Waals surface area contributed by atoms with Crippen LogP contribution < -0.4 is 5.32 Å². The number of thioether (sulfide) groups is 1. The van der Waals surface area contributed by atoms with E-state index in [1.165, 1.54) is 0 Å². The Morgan fingerprint density at radius 2 is 2.22 bits per heavy atom. The number of amides is 2. The lowest BCUT2D eigenvalue weighted by Gasteiger charge is -2.44. The number of rotatable bonds is 4. The van der Waals surface area contributed by atoms with Gasteiger partial charge in [0, 0.05) is 35.3 Å². The van der Waals surface area contributed by atoms with Gasteiger partial charge in [-0.15, -0.1) is 11.8 Å². The van der Waals surface area contributed by atoms with Crippen molar-refractivity contribution in [1.29, 1.82) is 0 Å². The molecule has 2 aliphatic rings. The number of carbonyl (C=O) groups is 2. The average Bonchev–Trinajstić information content (AvgIpc) is 2.65. The third kappa shape index (κ3) is 4.69. The predicted octanol–water partition coefficient (Wildman–Crippen LogP) is 4.34. The van der Waals surface area contributed by atoms with Crippen LogP contribution in [0.15, 0.2) is 29.2 Å². The van der Waals surface area contributed by atoms with Gasteiger partial charge in [0.25, 0.3) is 5.91 Å². The average molecular weight is 407 g/mol. The Morgan fingerprint density at radius 3 is 2.93 bits per heavy atom. The fourth-order valence-electron chi connectivity index (χ4n) is 3.75. The predicted molar refractivity (Wildman–Crippen MR) is 113 cm³/mol. The van der Waals surface area contributed by atoms with Crippen LogP contribution in [0.2, 0.25) is 5.02 Å². The van der Waals surface area contributed by atoms with E-state index in [0.717, 1.165) is 36.2 Å². The van der Waals surface area contributed by atoms with E-state index in [4.69, 9.17) is 11.6 Å². The molecule has 2 amide bonds. The van der Waals surface area contributed by atoms with Gasteiger partial charge >= 0.3 is 0 Å². The molecule has 1 aromatic carbocycles. The maximum atomic E-state index is 12.9. The largest absolute Gasteiger partial charge is 0.353 e. The fourth-order valence-corrected chi connectivity index (χ4v) is 5.42. The first-order chi connectivity index (χ1) is 12.9. The number of carbonyl (C=O) groups excluding carboxylic acids is 2. The molecule has 27 heavy (non-hydrogen) atoms. The van der Waals surface area contributed by atoms with Crippen molar-refractivity contribution >= 4 is 41.3 Å². The van der Waals surface area contributed by atoms with E-state index >= 15 is 0 Å². The van der Waals surface area contributed by atoms with Gasteiger partial charge in [0.05, 0.1) is 4.91 Å². The Hall–Kier alpha value is -1.46. The molecule has 4 nitrogen and oxygen atoms in total. The van der Waals surface area contributed by atoms with Gasteiger partial charge in [0.2, 0.25) is 5.91 Å². The summed E-state index contributed by atoms with van der Waals surface area (Å²) in [7, 11) is 1.86. The van der Waals surface area contributed by atoms with Gasteiger partial charge in [0.15, 0.2) is 0 Å². The minimum Gasteiger partial charge on any atom is -0.353 e. The molecule has 0 aromatic heterocycles. The third-order valence-electron chi connectivity index (χ3n) is 5.58. The van der Waals surface area contributed by atoms with Crippen molar-refractivity contribution in [1.82, 2.24) is 10.2 Å². The molecule has 0 radical (unpaired) electrons. The van der Waals surface area contributed by atoms with Crippen LogP contribution in [0, 0.1) is 5.92 Å². The van der Waals surface area contributed by atoms with Crippen LogP contribution in [0.5, 0.6) is 0 Å². The van der Waals surface area contributed by atoms with E-state index in [9.17, 15) is 9.59 Å². The molecule has 1 heterocycles. The Labute approximate surface area is 170 Å². The van der Waals surface area contributed by atoms with Crippen LogP contribution in [-0.4, -0.2) is 41.1 Å². The maximum Gasteiger partial charge on any atom is 0.260 e. The highest BCUT2D eigenvalue weighted by Gasteiger charge is 2.42. The summed E-state index contributed by atoms with van der Waals surface area (Å²) < 4.78 is 0. The van der Waals surface area contributed by atoms with Gasteiger partial charge in [-0.25, -0.2) is 0 Å². The van der Waals surface area contributed by atoms with Crippen molar-refractivity contribution < 1.29 is 9.59 Å². The van der Waals surface area contributed by atoms with Crippen molar-refractivity contribution in [3.8, 4) is 0 Å². The Bertz CT molecular complexity index is 751.